The van der Waals surface area contributed by atoms with E-state index in [-0.39, 0.29) is 12.0 Å². The van der Waals surface area contributed by atoms with Crippen molar-refractivity contribution < 1.29 is 29.0 Å². The highest BCUT2D eigenvalue weighted by Gasteiger charge is 2.30. The lowest BCUT2D eigenvalue weighted by atomic mass is 9.90. The van der Waals surface area contributed by atoms with Crippen molar-refractivity contribution >= 4 is 18.2 Å². The molecule has 8 nitrogen and oxygen atoms in total. The van der Waals surface area contributed by atoms with Gasteiger partial charge in [0, 0.05) is 13.1 Å². The summed E-state index contributed by atoms with van der Waals surface area (Å²) in [5.41, 5.74) is -0.682. The Kier molecular flexibility index (Phi) is 7.31. The van der Waals surface area contributed by atoms with E-state index in [9.17, 15) is 19.5 Å². The molecule has 1 saturated heterocycles. The molecule has 1 rings (SSSR count). The smallest absolute Gasteiger partial charge is 0.409 e. The van der Waals surface area contributed by atoms with Gasteiger partial charge in [-0.15, -0.1) is 0 Å². The number of hydrogen-bond donors (Lipinski definition) is 2. The lowest BCUT2D eigenvalue weighted by Gasteiger charge is -2.32. The van der Waals surface area contributed by atoms with E-state index in [1.54, 1.807) is 32.6 Å². The zero-order chi connectivity index (χ0) is 18.3. The highest BCUT2D eigenvalue weighted by molar-refractivity contribution is 5.80. The molecule has 0 aromatic carbocycles. The molecular formula is C16H28N2O6. The summed E-state index contributed by atoms with van der Waals surface area (Å²) in [5, 5.41) is 11.7. The van der Waals surface area contributed by atoms with Crippen LogP contribution >= 0.6 is 0 Å². The van der Waals surface area contributed by atoms with Crippen LogP contribution in [-0.4, -0.2) is 59.5 Å². The van der Waals surface area contributed by atoms with E-state index >= 15 is 0 Å². The van der Waals surface area contributed by atoms with Crippen LogP contribution in [0.5, 0.6) is 0 Å². The molecule has 1 aliphatic heterocycles. The molecule has 1 fully saturated rings. The third kappa shape index (κ3) is 7.06. The summed E-state index contributed by atoms with van der Waals surface area (Å²) in [6.07, 6.45) is 0.596. The van der Waals surface area contributed by atoms with E-state index < -0.39 is 23.7 Å². The van der Waals surface area contributed by atoms with Gasteiger partial charge in [-0.3, -0.25) is 0 Å². The number of hydrogen-bond acceptors (Lipinski definition) is 5. The number of aliphatic carboxylic acids is 1. The second-order valence-electron chi connectivity index (χ2n) is 6.90. The fourth-order valence-corrected chi connectivity index (χ4v) is 2.57. The Morgan fingerprint density at radius 2 is 1.83 bits per heavy atom. The predicted octanol–water partition coefficient (Wildman–Crippen LogP) is 2.22. The molecular weight excluding hydrogens is 316 g/mol. The van der Waals surface area contributed by atoms with Crippen LogP contribution in [0.1, 0.15) is 47.0 Å². The summed E-state index contributed by atoms with van der Waals surface area (Å²) in [7, 11) is 0. The Labute approximate surface area is 142 Å². The molecule has 0 radical (unpaired) electrons. The minimum atomic E-state index is -1.09. The maximum Gasteiger partial charge on any atom is 0.409 e. The lowest BCUT2D eigenvalue weighted by Crippen LogP contribution is -2.46. The van der Waals surface area contributed by atoms with Crippen molar-refractivity contribution in [3.8, 4) is 0 Å². The third-order valence-corrected chi connectivity index (χ3v) is 3.70. The van der Waals surface area contributed by atoms with Crippen molar-refractivity contribution in [3.05, 3.63) is 0 Å². The second kappa shape index (κ2) is 8.75. The van der Waals surface area contributed by atoms with Crippen LogP contribution in [0.25, 0.3) is 0 Å². The van der Waals surface area contributed by atoms with Crippen LogP contribution in [0, 0.1) is 5.92 Å². The number of nitrogens with one attached hydrogen (secondary N) is 1. The summed E-state index contributed by atoms with van der Waals surface area (Å²) in [5.74, 6) is -0.972. The van der Waals surface area contributed by atoms with Crippen molar-refractivity contribution in [1.82, 2.24) is 10.2 Å². The Morgan fingerprint density at radius 1 is 1.25 bits per heavy atom. The van der Waals surface area contributed by atoms with Crippen LogP contribution in [0.15, 0.2) is 0 Å². The summed E-state index contributed by atoms with van der Waals surface area (Å²) < 4.78 is 10.1. The molecule has 0 aromatic rings. The average Bonchev–Trinajstić information content (AvgIpc) is 2.45. The number of ether oxygens (including phenoxy) is 2. The Balaban J connectivity index is 2.48. The van der Waals surface area contributed by atoms with Crippen molar-refractivity contribution in [2.75, 3.05) is 19.7 Å². The molecule has 24 heavy (non-hydrogen) atoms. The van der Waals surface area contributed by atoms with E-state index in [1.165, 1.54) is 0 Å². The predicted molar refractivity (Wildman–Crippen MR) is 86.7 cm³/mol. The monoisotopic (exact) mass is 344 g/mol. The first kappa shape index (κ1) is 20.1. The van der Waals surface area contributed by atoms with Crippen molar-refractivity contribution in [3.63, 3.8) is 0 Å². The van der Waals surface area contributed by atoms with Crippen LogP contribution in [-0.2, 0) is 14.3 Å². The number of piperidine rings is 1. The fourth-order valence-electron chi connectivity index (χ4n) is 2.57. The van der Waals surface area contributed by atoms with Crippen LogP contribution < -0.4 is 5.32 Å². The molecule has 2 amide bonds. The first-order valence-corrected chi connectivity index (χ1v) is 8.26. The summed E-state index contributed by atoms with van der Waals surface area (Å²) in [6, 6.07) is -1.00. The summed E-state index contributed by atoms with van der Waals surface area (Å²) in [4.78, 5) is 36.4. The molecule has 0 saturated carbocycles. The van der Waals surface area contributed by atoms with Gasteiger partial charge in [0.2, 0.25) is 0 Å². The molecule has 138 valence electrons. The van der Waals surface area contributed by atoms with Crippen molar-refractivity contribution in [2.45, 2.75) is 58.6 Å². The number of carbonyl (C=O) groups excluding carboxylic acids is 2. The highest BCUT2D eigenvalue weighted by atomic mass is 16.6. The van der Waals surface area contributed by atoms with Crippen LogP contribution in [0.3, 0.4) is 0 Å². The van der Waals surface area contributed by atoms with E-state index in [4.69, 9.17) is 9.47 Å². The summed E-state index contributed by atoms with van der Waals surface area (Å²) >= 11 is 0. The molecule has 8 heteroatoms. The lowest BCUT2D eigenvalue weighted by molar-refractivity contribution is -0.140. The number of alkyl carbamates (subject to hydrolysis) is 1. The Hall–Kier alpha value is -1.99. The fraction of sp³-hybridized carbons (Fsp3) is 0.812. The number of carboxylic acid groups (broad SMARTS) is 1. The molecule has 0 aromatic heterocycles. The zero-order valence-corrected chi connectivity index (χ0v) is 14.8. The molecule has 0 aliphatic carbocycles. The number of carbonyl (C=O) groups is 3. The standard InChI is InChI=1S/C16H28N2O6/c1-5-23-15(22)18-8-6-11(7-9-18)10-12(13(19)20)17-14(21)24-16(2,3)4/h11-12H,5-10H2,1-4H3,(H,17,21)(H,19,20). The number of amides is 2. The normalized spacial score (nSPS) is 17.1. The van der Waals surface area contributed by atoms with E-state index in [1.807, 2.05) is 0 Å². The first-order chi connectivity index (χ1) is 11.1. The molecule has 2 N–H and O–H groups in total. The quantitative estimate of drug-likeness (QED) is 0.792. The maximum atomic E-state index is 11.8. The third-order valence-electron chi connectivity index (χ3n) is 3.70. The minimum Gasteiger partial charge on any atom is -0.480 e. The Morgan fingerprint density at radius 3 is 2.29 bits per heavy atom. The first-order valence-electron chi connectivity index (χ1n) is 8.26. The van der Waals surface area contributed by atoms with Crippen LogP contribution in [0.2, 0.25) is 0 Å². The highest BCUT2D eigenvalue weighted by Crippen LogP contribution is 2.23. The number of nitrogens with zero attached hydrogens (tertiary/aromatic N) is 1. The zero-order valence-electron chi connectivity index (χ0n) is 14.8. The topological polar surface area (TPSA) is 105 Å². The van der Waals surface area contributed by atoms with Gasteiger partial charge in [0.05, 0.1) is 6.61 Å². The van der Waals surface area contributed by atoms with E-state index in [2.05, 4.69) is 5.32 Å². The van der Waals surface area contributed by atoms with Gasteiger partial charge in [-0.2, -0.15) is 0 Å². The van der Waals surface area contributed by atoms with Gasteiger partial charge in [-0.1, -0.05) is 0 Å². The molecule has 1 unspecified atom stereocenters. The van der Waals surface area contributed by atoms with Crippen molar-refractivity contribution in [1.29, 1.82) is 0 Å². The maximum absolute atomic E-state index is 11.8. The summed E-state index contributed by atoms with van der Waals surface area (Å²) in [6.45, 7) is 8.29. The van der Waals surface area contributed by atoms with Crippen molar-refractivity contribution in [2.24, 2.45) is 5.92 Å². The van der Waals surface area contributed by atoms with Gasteiger partial charge >= 0.3 is 18.2 Å². The van der Waals surface area contributed by atoms with E-state index in [0.29, 0.717) is 39.0 Å². The van der Waals surface area contributed by atoms with E-state index in [0.717, 1.165) is 0 Å². The number of likely N-dealkylation sites (tertiary alicyclic amines) is 1. The molecule has 0 bridgehead atoms. The van der Waals surface area contributed by atoms with Gasteiger partial charge in [0.25, 0.3) is 0 Å². The second-order valence-corrected chi connectivity index (χ2v) is 6.90. The average molecular weight is 344 g/mol. The Bertz CT molecular complexity index is 452. The van der Waals surface area contributed by atoms with Gasteiger partial charge < -0.3 is 24.8 Å². The molecule has 1 atom stereocenters. The largest absolute Gasteiger partial charge is 0.480 e. The van der Waals surface area contributed by atoms with Gasteiger partial charge in [-0.05, 0) is 52.9 Å². The number of carboxylic acids is 1. The molecule has 1 aliphatic rings. The van der Waals surface area contributed by atoms with Gasteiger partial charge in [-0.25, -0.2) is 14.4 Å². The molecule has 1 heterocycles. The van der Waals surface area contributed by atoms with Gasteiger partial charge in [0.1, 0.15) is 11.6 Å². The molecule has 0 spiro atoms. The minimum absolute atomic E-state index is 0.117. The van der Waals surface area contributed by atoms with Crippen LogP contribution in [0.4, 0.5) is 9.59 Å². The van der Waals surface area contributed by atoms with Gasteiger partial charge in [0.15, 0.2) is 0 Å². The number of rotatable bonds is 5. The SMILES string of the molecule is CCOC(=O)N1CCC(CC(NC(=O)OC(C)(C)C)C(=O)O)CC1.